The third-order valence-corrected chi connectivity index (χ3v) is 6.45. The number of hydrogen-bond acceptors (Lipinski definition) is 3. The molecule has 3 aromatic rings. The Morgan fingerprint density at radius 2 is 1.45 bits per heavy atom. The molecule has 3 aliphatic carbocycles. The number of carbonyl (C=O) groups excluding carboxylic acids is 2. The highest BCUT2D eigenvalue weighted by Gasteiger charge is 2.42. The first-order valence-corrected chi connectivity index (χ1v) is 10.6. The number of fused-ring (bicyclic) bond motifs is 1. The predicted octanol–water partition coefficient (Wildman–Crippen LogP) is 3.58. The molecule has 3 N–H and O–H groups in total. The molecule has 0 heterocycles. The van der Waals surface area contributed by atoms with Crippen molar-refractivity contribution in [1.29, 1.82) is 0 Å². The number of carbonyl (C=O) groups is 2. The molecule has 0 saturated heterocycles. The van der Waals surface area contributed by atoms with Gasteiger partial charge in [-0.3, -0.25) is 9.59 Å². The van der Waals surface area contributed by atoms with Crippen LogP contribution in [0.3, 0.4) is 0 Å². The fourth-order valence-electron chi connectivity index (χ4n) is 5.14. The maximum absolute atomic E-state index is 12.7. The Kier molecular flexibility index (Phi) is 4.94. The Balaban J connectivity index is 1.30. The third-order valence-electron chi connectivity index (χ3n) is 6.45. The minimum atomic E-state index is -0.535. The first-order chi connectivity index (χ1) is 15.1. The van der Waals surface area contributed by atoms with E-state index in [1.807, 2.05) is 0 Å². The van der Waals surface area contributed by atoms with Gasteiger partial charge in [0.25, 0.3) is 11.8 Å². The quantitative estimate of drug-likeness (QED) is 0.649. The van der Waals surface area contributed by atoms with Crippen LogP contribution in [0.25, 0.3) is 0 Å². The van der Waals surface area contributed by atoms with Gasteiger partial charge in [0.15, 0.2) is 6.61 Å². The van der Waals surface area contributed by atoms with Crippen LogP contribution in [0.1, 0.15) is 50.9 Å². The van der Waals surface area contributed by atoms with Gasteiger partial charge in [0.05, 0.1) is 0 Å². The van der Waals surface area contributed by atoms with E-state index >= 15 is 0 Å². The number of nitrogens with one attached hydrogen (secondary N) is 1. The predicted molar refractivity (Wildman–Crippen MR) is 118 cm³/mol. The van der Waals surface area contributed by atoms with Gasteiger partial charge in [-0.15, -0.1) is 0 Å². The minimum Gasteiger partial charge on any atom is -0.484 e. The highest BCUT2D eigenvalue weighted by Crippen LogP contribution is 2.55. The molecular formula is C26H24N2O3. The average molecular weight is 412 g/mol. The molecule has 5 nitrogen and oxygen atoms in total. The summed E-state index contributed by atoms with van der Waals surface area (Å²) in [6.45, 7) is 0.446. The molecule has 0 spiro atoms. The van der Waals surface area contributed by atoms with E-state index in [2.05, 4.69) is 53.8 Å². The van der Waals surface area contributed by atoms with Crippen molar-refractivity contribution in [2.75, 3.05) is 13.2 Å². The van der Waals surface area contributed by atoms with Crippen molar-refractivity contribution >= 4 is 11.8 Å². The Labute approximate surface area is 181 Å². The van der Waals surface area contributed by atoms with Crippen LogP contribution < -0.4 is 15.8 Å². The first-order valence-electron chi connectivity index (χ1n) is 10.6. The zero-order valence-corrected chi connectivity index (χ0v) is 17.1. The minimum absolute atomic E-state index is 0.107. The lowest BCUT2D eigenvalue weighted by Crippen LogP contribution is -2.39. The Morgan fingerprint density at radius 3 is 2.03 bits per heavy atom. The molecule has 2 bridgehead atoms. The van der Waals surface area contributed by atoms with E-state index in [1.54, 1.807) is 24.3 Å². The van der Waals surface area contributed by atoms with Crippen molar-refractivity contribution in [1.82, 2.24) is 5.32 Å². The monoisotopic (exact) mass is 412 g/mol. The second kappa shape index (κ2) is 7.91. The molecule has 3 aliphatic rings. The second-order valence-electron chi connectivity index (χ2n) is 8.27. The Bertz CT molecular complexity index is 1090. The molecule has 0 aromatic heterocycles. The van der Waals surface area contributed by atoms with E-state index in [4.69, 9.17) is 10.5 Å². The number of amides is 2. The van der Waals surface area contributed by atoms with E-state index < -0.39 is 5.91 Å². The van der Waals surface area contributed by atoms with Crippen molar-refractivity contribution in [2.24, 2.45) is 11.7 Å². The number of nitrogens with two attached hydrogens (primary N) is 1. The molecule has 0 saturated carbocycles. The summed E-state index contributed by atoms with van der Waals surface area (Å²) in [7, 11) is 0. The van der Waals surface area contributed by atoms with Gasteiger partial charge < -0.3 is 15.8 Å². The first kappa shape index (κ1) is 19.4. The van der Waals surface area contributed by atoms with Crippen LogP contribution in [0, 0.1) is 5.92 Å². The molecular weight excluding hydrogens is 388 g/mol. The zero-order chi connectivity index (χ0) is 21.4. The summed E-state index contributed by atoms with van der Waals surface area (Å²) in [5.41, 5.74) is 11.3. The number of hydrogen-bond donors (Lipinski definition) is 2. The maximum Gasteiger partial charge on any atom is 0.255 e. The van der Waals surface area contributed by atoms with Crippen LogP contribution in [-0.2, 0) is 4.79 Å². The summed E-state index contributed by atoms with van der Waals surface area (Å²) in [5.74, 6) is 0.921. The van der Waals surface area contributed by atoms with Gasteiger partial charge in [-0.1, -0.05) is 48.5 Å². The summed E-state index contributed by atoms with van der Waals surface area (Å²) in [4.78, 5) is 23.6. The van der Waals surface area contributed by atoms with Gasteiger partial charge in [0.1, 0.15) is 5.75 Å². The average Bonchev–Trinajstić information content (AvgIpc) is 2.81. The largest absolute Gasteiger partial charge is 0.484 e. The third kappa shape index (κ3) is 3.56. The number of ether oxygens (including phenoxy) is 1. The van der Waals surface area contributed by atoms with Crippen LogP contribution in [-0.4, -0.2) is 25.0 Å². The van der Waals surface area contributed by atoms with Crippen molar-refractivity contribution in [3.63, 3.8) is 0 Å². The van der Waals surface area contributed by atoms with Gasteiger partial charge in [0, 0.05) is 23.9 Å². The lowest BCUT2D eigenvalue weighted by molar-refractivity contribution is -0.119. The smallest absolute Gasteiger partial charge is 0.255 e. The van der Waals surface area contributed by atoms with E-state index in [9.17, 15) is 9.59 Å². The molecule has 5 heteroatoms. The summed E-state index contributed by atoms with van der Waals surface area (Å²) in [6.07, 6.45) is 1.04. The standard InChI is InChI=1S/C26H24N2O3/c27-24(29)15-31-18-11-9-16(10-12-18)26(30)28-14-17-13-23-19-5-1-3-7-21(19)25(17)22-8-4-2-6-20(22)23/h1-12,17,23,25H,13-15H2,(H2,27,29)(H,28,30). The van der Waals surface area contributed by atoms with Crippen molar-refractivity contribution in [3.05, 3.63) is 101 Å². The molecule has 1 unspecified atom stereocenters. The molecule has 31 heavy (non-hydrogen) atoms. The van der Waals surface area contributed by atoms with Gasteiger partial charge in [0.2, 0.25) is 0 Å². The summed E-state index contributed by atoms with van der Waals surface area (Å²) in [5, 5.41) is 3.13. The molecule has 6 rings (SSSR count). The van der Waals surface area contributed by atoms with Gasteiger partial charge in [-0.25, -0.2) is 0 Å². The summed E-state index contributed by atoms with van der Waals surface area (Å²) < 4.78 is 5.25. The van der Waals surface area contributed by atoms with Crippen LogP contribution in [0.5, 0.6) is 5.75 Å². The highest BCUT2D eigenvalue weighted by atomic mass is 16.5. The molecule has 0 aliphatic heterocycles. The van der Waals surface area contributed by atoms with Crippen LogP contribution in [0.4, 0.5) is 0 Å². The summed E-state index contributed by atoms with van der Waals surface area (Å²) in [6, 6.07) is 24.2. The number of primary amides is 1. The lowest BCUT2D eigenvalue weighted by atomic mass is 9.59. The van der Waals surface area contributed by atoms with Crippen LogP contribution in [0.15, 0.2) is 72.8 Å². The van der Waals surface area contributed by atoms with Crippen molar-refractivity contribution in [3.8, 4) is 5.75 Å². The highest BCUT2D eigenvalue weighted by molar-refractivity contribution is 5.94. The summed E-state index contributed by atoms with van der Waals surface area (Å²) >= 11 is 0. The Hall–Kier alpha value is -3.60. The van der Waals surface area contributed by atoms with E-state index in [0.29, 0.717) is 35.6 Å². The van der Waals surface area contributed by atoms with Gasteiger partial charge in [-0.2, -0.15) is 0 Å². The molecule has 0 radical (unpaired) electrons. The normalized spacial score (nSPS) is 20.5. The number of rotatable bonds is 6. The Morgan fingerprint density at radius 1 is 0.871 bits per heavy atom. The SMILES string of the molecule is NC(=O)COc1ccc(C(=O)NCC2CC3c4ccccc4C2c2ccccc23)cc1. The van der Waals surface area contributed by atoms with E-state index in [1.165, 1.54) is 22.3 Å². The lowest BCUT2D eigenvalue weighted by Gasteiger charge is -2.45. The van der Waals surface area contributed by atoms with Crippen molar-refractivity contribution in [2.45, 2.75) is 18.3 Å². The second-order valence-corrected chi connectivity index (χ2v) is 8.27. The topological polar surface area (TPSA) is 81.4 Å². The molecule has 0 fully saturated rings. The fraction of sp³-hybridized carbons (Fsp3) is 0.231. The van der Waals surface area contributed by atoms with Crippen molar-refractivity contribution < 1.29 is 14.3 Å². The fourth-order valence-corrected chi connectivity index (χ4v) is 5.14. The van der Waals surface area contributed by atoms with Crippen LogP contribution >= 0.6 is 0 Å². The number of benzene rings is 3. The van der Waals surface area contributed by atoms with E-state index in [-0.39, 0.29) is 12.5 Å². The molecule has 1 atom stereocenters. The molecule has 2 amide bonds. The molecule has 156 valence electrons. The maximum atomic E-state index is 12.7. The zero-order valence-electron chi connectivity index (χ0n) is 17.1. The van der Waals surface area contributed by atoms with E-state index in [0.717, 1.165) is 6.42 Å². The van der Waals surface area contributed by atoms with Crippen LogP contribution in [0.2, 0.25) is 0 Å². The molecule has 3 aromatic carbocycles. The van der Waals surface area contributed by atoms with Gasteiger partial charge in [-0.05, 0) is 58.9 Å². The van der Waals surface area contributed by atoms with Gasteiger partial charge >= 0.3 is 0 Å².